The lowest BCUT2D eigenvalue weighted by Crippen LogP contribution is -2.24. The lowest BCUT2D eigenvalue weighted by atomic mass is 10.0. The van der Waals surface area contributed by atoms with Gasteiger partial charge in [0, 0.05) is 17.4 Å². The molecular weight excluding hydrogens is 468 g/mol. The highest BCUT2D eigenvalue weighted by Gasteiger charge is 2.19. The minimum Gasteiger partial charge on any atom is -0.494 e. The van der Waals surface area contributed by atoms with Crippen LogP contribution < -0.4 is 20.2 Å². The topological polar surface area (TPSA) is 86.6 Å². The first-order valence-electron chi connectivity index (χ1n) is 12.4. The Morgan fingerprint density at radius 2 is 1.49 bits per heavy atom. The molecule has 0 aliphatic rings. The number of nitrogens with one attached hydrogen (secondary N) is 1. The highest BCUT2D eigenvalue weighted by atomic mass is 16.5. The summed E-state index contributed by atoms with van der Waals surface area (Å²) < 4.78 is 12.7. The van der Waals surface area contributed by atoms with Crippen molar-refractivity contribution < 1.29 is 19.1 Å². The molecule has 0 spiro atoms. The van der Waals surface area contributed by atoms with E-state index in [1.165, 1.54) is 11.8 Å². The van der Waals surface area contributed by atoms with Gasteiger partial charge in [-0.2, -0.15) is 0 Å². The van der Waals surface area contributed by atoms with Gasteiger partial charge in [0.25, 0.3) is 0 Å². The molecule has 4 rings (SSSR count). The van der Waals surface area contributed by atoms with Gasteiger partial charge in [-0.3, -0.25) is 14.4 Å². The summed E-state index contributed by atoms with van der Waals surface area (Å²) >= 11 is 0. The summed E-state index contributed by atoms with van der Waals surface area (Å²) in [4.78, 5) is 39.8. The monoisotopic (exact) mass is 498 g/mol. The maximum absolute atomic E-state index is 13.4. The molecule has 0 unspecified atom stereocenters. The summed E-state index contributed by atoms with van der Waals surface area (Å²) in [6.07, 6.45) is 2.37. The quantitative estimate of drug-likeness (QED) is 0.303. The SMILES string of the molecule is CCOc1ccc(C(=O)c2cn(CC(=O)Nc3ccc(CC)cc3)c3ccc(OCC)cc3c2=O)cc1. The van der Waals surface area contributed by atoms with E-state index < -0.39 is 11.2 Å². The van der Waals surface area contributed by atoms with Gasteiger partial charge in [0.1, 0.15) is 18.0 Å². The van der Waals surface area contributed by atoms with Crippen LogP contribution in [-0.2, 0) is 17.8 Å². The Kier molecular flexibility index (Phi) is 8.03. The summed E-state index contributed by atoms with van der Waals surface area (Å²) in [5, 5.41) is 3.20. The van der Waals surface area contributed by atoms with E-state index >= 15 is 0 Å². The summed E-state index contributed by atoms with van der Waals surface area (Å²) in [6.45, 7) is 6.66. The van der Waals surface area contributed by atoms with Crippen molar-refractivity contribution in [3.05, 3.63) is 99.8 Å². The van der Waals surface area contributed by atoms with Gasteiger partial charge in [0.2, 0.25) is 11.3 Å². The zero-order valence-corrected chi connectivity index (χ0v) is 21.2. The average Bonchev–Trinajstić information content (AvgIpc) is 2.91. The van der Waals surface area contributed by atoms with Gasteiger partial charge in [-0.1, -0.05) is 19.1 Å². The van der Waals surface area contributed by atoms with Crippen LogP contribution in [0, 0.1) is 0 Å². The standard InChI is InChI=1S/C30H30N2O5/c1-4-20-7-11-22(12-8-20)31-28(33)19-32-18-26(29(34)21-9-13-23(14-10-21)36-5-2)30(35)25-17-24(37-6-3)15-16-27(25)32/h7-18H,4-6,19H2,1-3H3,(H,31,33). The Morgan fingerprint density at radius 3 is 2.14 bits per heavy atom. The van der Waals surface area contributed by atoms with Gasteiger partial charge in [0.05, 0.1) is 29.7 Å². The third kappa shape index (κ3) is 5.89. The molecule has 0 saturated carbocycles. The Morgan fingerprint density at radius 1 is 0.838 bits per heavy atom. The van der Waals surface area contributed by atoms with E-state index in [1.807, 2.05) is 38.1 Å². The largest absolute Gasteiger partial charge is 0.494 e. The number of ether oxygens (including phenoxy) is 2. The van der Waals surface area contributed by atoms with Gasteiger partial charge in [-0.25, -0.2) is 0 Å². The Balaban J connectivity index is 1.72. The van der Waals surface area contributed by atoms with Crippen molar-refractivity contribution in [3.63, 3.8) is 0 Å². The zero-order valence-electron chi connectivity index (χ0n) is 21.2. The van der Waals surface area contributed by atoms with Crippen LogP contribution in [0.15, 0.2) is 77.7 Å². The maximum atomic E-state index is 13.4. The van der Waals surface area contributed by atoms with Gasteiger partial charge in [-0.05, 0) is 80.4 Å². The molecule has 7 heteroatoms. The minimum absolute atomic E-state index is 0.0228. The summed E-state index contributed by atoms with van der Waals surface area (Å²) in [7, 11) is 0. The molecule has 1 heterocycles. The second-order valence-corrected chi connectivity index (χ2v) is 8.50. The number of hydrogen-bond acceptors (Lipinski definition) is 5. The molecule has 3 aromatic carbocycles. The number of fused-ring (bicyclic) bond motifs is 1. The highest BCUT2D eigenvalue weighted by Crippen LogP contribution is 2.22. The predicted molar refractivity (Wildman–Crippen MR) is 145 cm³/mol. The summed E-state index contributed by atoms with van der Waals surface area (Å²) in [5.74, 6) is 0.452. The van der Waals surface area contributed by atoms with Gasteiger partial charge in [0.15, 0.2) is 5.78 Å². The molecular formula is C30H30N2O5. The second-order valence-electron chi connectivity index (χ2n) is 8.50. The molecule has 0 radical (unpaired) electrons. The van der Waals surface area contributed by atoms with Crippen LogP contribution in [0.2, 0.25) is 0 Å². The number of anilines is 1. The van der Waals surface area contributed by atoms with Crippen molar-refractivity contribution in [1.82, 2.24) is 4.57 Å². The number of aromatic nitrogens is 1. The first-order valence-corrected chi connectivity index (χ1v) is 12.4. The number of nitrogens with zero attached hydrogens (tertiary/aromatic N) is 1. The van der Waals surface area contributed by atoms with E-state index in [0.717, 1.165) is 6.42 Å². The van der Waals surface area contributed by atoms with Crippen molar-refractivity contribution in [2.45, 2.75) is 33.7 Å². The number of hydrogen-bond donors (Lipinski definition) is 1. The van der Waals surface area contributed by atoms with Crippen LogP contribution in [0.3, 0.4) is 0 Å². The number of aryl methyl sites for hydroxylation is 1. The molecule has 1 N–H and O–H groups in total. The summed E-state index contributed by atoms with van der Waals surface area (Å²) in [6, 6.07) is 19.4. The van der Waals surface area contributed by atoms with Gasteiger partial charge < -0.3 is 19.4 Å². The average molecular weight is 499 g/mol. The number of rotatable bonds is 10. The fourth-order valence-corrected chi connectivity index (χ4v) is 4.13. The molecule has 0 bridgehead atoms. The molecule has 1 amide bonds. The molecule has 0 saturated heterocycles. The van der Waals surface area contributed by atoms with Gasteiger partial charge >= 0.3 is 0 Å². The first kappa shape index (κ1) is 25.7. The molecule has 7 nitrogen and oxygen atoms in total. The van der Waals surface area contributed by atoms with Crippen LogP contribution in [0.4, 0.5) is 5.69 Å². The van der Waals surface area contributed by atoms with E-state index in [9.17, 15) is 14.4 Å². The summed E-state index contributed by atoms with van der Waals surface area (Å²) in [5.41, 5.74) is 2.30. The van der Waals surface area contributed by atoms with Crippen LogP contribution in [-0.4, -0.2) is 29.5 Å². The van der Waals surface area contributed by atoms with E-state index in [1.54, 1.807) is 47.0 Å². The van der Waals surface area contributed by atoms with Crippen LogP contribution in [0.1, 0.15) is 42.3 Å². The third-order valence-corrected chi connectivity index (χ3v) is 5.99. The third-order valence-electron chi connectivity index (χ3n) is 5.99. The molecule has 0 fully saturated rings. The lowest BCUT2D eigenvalue weighted by molar-refractivity contribution is -0.116. The fourth-order valence-electron chi connectivity index (χ4n) is 4.13. The number of benzene rings is 3. The van der Waals surface area contributed by atoms with Crippen LogP contribution in [0.5, 0.6) is 11.5 Å². The molecule has 0 atom stereocenters. The maximum Gasteiger partial charge on any atom is 0.244 e. The van der Waals surface area contributed by atoms with E-state index in [0.29, 0.717) is 46.9 Å². The zero-order chi connectivity index (χ0) is 26.4. The molecule has 1 aromatic heterocycles. The Bertz CT molecular complexity index is 1470. The fraction of sp³-hybridized carbons (Fsp3) is 0.233. The van der Waals surface area contributed by atoms with Crippen molar-refractivity contribution >= 4 is 28.3 Å². The van der Waals surface area contributed by atoms with Crippen LogP contribution in [0.25, 0.3) is 10.9 Å². The Labute approximate surface area is 215 Å². The van der Waals surface area contributed by atoms with E-state index in [2.05, 4.69) is 12.2 Å². The molecule has 0 aliphatic carbocycles. The first-order chi connectivity index (χ1) is 17.9. The highest BCUT2D eigenvalue weighted by molar-refractivity contribution is 6.10. The number of amides is 1. The van der Waals surface area contributed by atoms with Crippen LogP contribution >= 0.6 is 0 Å². The molecule has 0 aliphatic heterocycles. The second kappa shape index (κ2) is 11.6. The number of carbonyl (C=O) groups is 2. The normalized spacial score (nSPS) is 10.8. The number of ketones is 1. The van der Waals surface area contributed by atoms with E-state index in [4.69, 9.17) is 9.47 Å². The Hall–Kier alpha value is -4.39. The van der Waals surface area contributed by atoms with Crippen molar-refractivity contribution in [3.8, 4) is 11.5 Å². The predicted octanol–water partition coefficient (Wildman–Crippen LogP) is 5.23. The minimum atomic E-state index is -0.430. The number of pyridine rings is 1. The van der Waals surface area contributed by atoms with Crippen molar-refractivity contribution in [2.24, 2.45) is 0 Å². The smallest absolute Gasteiger partial charge is 0.244 e. The lowest BCUT2D eigenvalue weighted by Gasteiger charge is -2.15. The van der Waals surface area contributed by atoms with E-state index in [-0.39, 0.29) is 18.0 Å². The van der Waals surface area contributed by atoms with Crippen molar-refractivity contribution in [2.75, 3.05) is 18.5 Å². The van der Waals surface area contributed by atoms with Crippen molar-refractivity contribution in [1.29, 1.82) is 0 Å². The number of carbonyl (C=O) groups excluding carboxylic acids is 2. The molecule has 190 valence electrons. The van der Waals surface area contributed by atoms with Gasteiger partial charge in [-0.15, -0.1) is 0 Å². The molecule has 4 aromatic rings. The molecule has 37 heavy (non-hydrogen) atoms.